The number of nitrogens with one attached hydrogen (secondary N) is 1. The molecule has 1 aromatic carbocycles. The molecule has 7 heteroatoms. The van der Waals surface area contributed by atoms with E-state index in [1.165, 1.54) is 30.0 Å². The Morgan fingerprint density at radius 3 is 2.86 bits per heavy atom. The van der Waals surface area contributed by atoms with Gasteiger partial charge in [-0.2, -0.15) is 8.78 Å². The van der Waals surface area contributed by atoms with E-state index in [2.05, 4.69) is 10.1 Å². The summed E-state index contributed by atoms with van der Waals surface area (Å²) in [7, 11) is 0. The van der Waals surface area contributed by atoms with Crippen LogP contribution in [0.4, 0.5) is 14.5 Å². The first-order chi connectivity index (χ1) is 9.97. The van der Waals surface area contributed by atoms with Crippen LogP contribution in [0.15, 0.2) is 24.3 Å². The lowest BCUT2D eigenvalue weighted by atomic mass is 10.2. The predicted molar refractivity (Wildman–Crippen MR) is 72.1 cm³/mol. The molecule has 2 rings (SSSR count). The molecule has 1 atom stereocenters. The zero-order chi connectivity index (χ0) is 15.4. The second-order valence-electron chi connectivity index (χ2n) is 4.77. The van der Waals surface area contributed by atoms with Crippen molar-refractivity contribution in [2.75, 3.05) is 11.9 Å². The van der Waals surface area contributed by atoms with E-state index < -0.39 is 12.7 Å². The summed E-state index contributed by atoms with van der Waals surface area (Å²) < 4.78 is 28.6. The summed E-state index contributed by atoms with van der Waals surface area (Å²) in [5.74, 6) is -0.503. The number of hydrogen-bond acceptors (Lipinski definition) is 3. The maximum Gasteiger partial charge on any atom is 0.387 e. The number of hydrogen-bond donors (Lipinski definition) is 1. The average Bonchev–Trinajstić information content (AvgIpc) is 2.87. The molecule has 0 bridgehead atoms. The van der Waals surface area contributed by atoms with Crippen LogP contribution < -0.4 is 10.1 Å². The van der Waals surface area contributed by atoms with Crippen LogP contribution in [0.25, 0.3) is 0 Å². The second kappa shape index (κ2) is 6.51. The van der Waals surface area contributed by atoms with Crippen LogP contribution in [-0.2, 0) is 9.59 Å². The Morgan fingerprint density at radius 2 is 2.19 bits per heavy atom. The monoisotopic (exact) mass is 298 g/mol. The van der Waals surface area contributed by atoms with Crippen LogP contribution in [0, 0.1) is 0 Å². The molecule has 21 heavy (non-hydrogen) atoms. The number of carbonyl (C=O) groups is 2. The van der Waals surface area contributed by atoms with Crippen molar-refractivity contribution in [2.24, 2.45) is 0 Å². The molecule has 0 saturated carbocycles. The number of nitrogens with zero attached hydrogens (tertiary/aromatic N) is 1. The fourth-order valence-electron chi connectivity index (χ4n) is 2.39. The average molecular weight is 298 g/mol. The number of anilines is 1. The van der Waals surface area contributed by atoms with Gasteiger partial charge in [-0.05, 0) is 25.0 Å². The van der Waals surface area contributed by atoms with E-state index in [-0.39, 0.29) is 17.6 Å². The number of amides is 2. The molecule has 1 aliphatic rings. The Morgan fingerprint density at radius 1 is 1.43 bits per heavy atom. The third-order valence-corrected chi connectivity index (χ3v) is 3.29. The number of rotatable bonds is 4. The van der Waals surface area contributed by atoms with Gasteiger partial charge in [0.1, 0.15) is 11.8 Å². The number of ether oxygens (including phenoxy) is 1. The largest absolute Gasteiger partial charge is 0.435 e. The number of alkyl halides is 2. The molecule has 1 aromatic rings. The van der Waals surface area contributed by atoms with Gasteiger partial charge in [0.15, 0.2) is 0 Å². The van der Waals surface area contributed by atoms with Gasteiger partial charge in [0.05, 0.1) is 0 Å². The molecule has 0 aromatic heterocycles. The van der Waals surface area contributed by atoms with Crippen molar-refractivity contribution in [3.05, 3.63) is 24.3 Å². The first kappa shape index (κ1) is 15.2. The number of likely N-dealkylation sites (tertiary alicyclic amines) is 1. The lowest BCUT2D eigenvalue weighted by Gasteiger charge is -2.22. The van der Waals surface area contributed by atoms with Gasteiger partial charge in [0.2, 0.25) is 11.8 Å². The minimum absolute atomic E-state index is 0.0300. The number of halogens is 2. The summed E-state index contributed by atoms with van der Waals surface area (Å²) in [6.07, 6.45) is 1.37. The SMILES string of the molecule is CC(=O)N1CCCC1C(=O)Nc1cccc(OC(F)F)c1. The molecule has 5 nitrogen and oxygen atoms in total. The highest BCUT2D eigenvalue weighted by molar-refractivity contribution is 5.97. The van der Waals surface area contributed by atoms with Gasteiger partial charge in [-0.15, -0.1) is 0 Å². The molecule has 0 radical (unpaired) electrons. The lowest BCUT2D eigenvalue weighted by Crippen LogP contribution is -2.42. The Bertz CT molecular complexity index is 537. The summed E-state index contributed by atoms with van der Waals surface area (Å²) in [6.45, 7) is -0.941. The van der Waals surface area contributed by atoms with Gasteiger partial charge in [-0.3, -0.25) is 9.59 Å². The molecule has 0 spiro atoms. The molecule has 1 fully saturated rings. The first-order valence-corrected chi connectivity index (χ1v) is 6.60. The summed E-state index contributed by atoms with van der Waals surface area (Å²) in [5, 5.41) is 2.62. The number of benzene rings is 1. The van der Waals surface area contributed by atoms with Crippen LogP contribution >= 0.6 is 0 Å². The molecule has 1 heterocycles. The molecule has 1 unspecified atom stereocenters. The van der Waals surface area contributed by atoms with Gasteiger partial charge in [0.25, 0.3) is 0 Å². The van der Waals surface area contributed by atoms with Crippen molar-refractivity contribution in [1.29, 1.82) is 0 Å². The summed E-state index contributed by atoms with van der Waals surface area (Å²) in [4.78, 5) is 25.1. The lowest BCUT2D eigenvalue weighted by molar-refractivity contribution is -0.134. The smallest absolute Gasteiger partial charge is 0.387 e. The first-order valence-electron chi connectivity index (χ1n) is 6.60. The zero-order valence-electron chi connectivity index (χ0n) is 11.5. The van der Waals surface area contributed by atoms with E-state index in [0.717, 1.165) is 6.42 Å². The standard InChI is InChI=1S/C14H16F2N2O3/c1-9(19)18-7-3-6-12(18)13(20)17-10-4-2-5-11(8-10)21-14(15)16/h2,4-5,8,12,14H,3,6-7H2,1H3,(H,17,20). The highest BCUT2D eigenvalue weighted by Gasteiger charge is 2.32. The van der Waals surface area contributed by atoms with Crippen LogP contribution in [0.3, 0.4) is 0 Å². The van der Waals surface area contributed by atoms with E-state index in [4.69, 9.17) is 0 Å². The van der Waals surface area contributed by atoms with E-state index in [1.54, 1.807) is 6.07 Å². The topological polar surface area (TPSA) is 58.6 Å². The van der Waals surface area contributed by atoms with Crippen LogP contribution in [0.2, 0.25) is 0 Å². The van der Waals surface area contributed by atoms with Crippen molar-refractivity contribution in [3.63, 3.8) is 0 Å². The summed E-state index contributed by atoms with van der Waals surface area (Å²) in [5.41, 5.74) is 0.355. The minimum Gasteiger partial charge on any atom is -0.435 e. The van der Waals surface area contributed by atoms with Gasteiger partial charge in [0, 0.05) is 25.2 Å². The number of carbonyl (C=O) groups excluding carboxylic acids is 2. The highest BCUT2D eigenvalue weighted by atomic mass is 19.3. The normalized spacial score (nSPS) is 17.9. The van der Waals surface area contributed by atoms with E-state index in [9.17, 15) is 18.4 Å². The van der Waals surface area contributed by atoms with Crippen molar-refractivity contribution in [3.8, 4) is 5.75 Å². The van der Waals surface area contributed by atoms with E-state index >= 15 is 0 Å². The zero-order valence-corrected chi connectivity index (χ0v) is 11.5. The molecule has 114 valence electrons. The van der Waals surface area contributed by atoms with Crippen LogP contribution in [-0.4, -0.2) is 35.9 Å². The Balaban J connectivity index is 2.04. The van der Waals surface area contributed by atoms with Crippen LogP contribution in [0.1, 0.15) is 19.8 Å². The van der Waals surface area contributed by atoms with Gasteiger partial charge in [-0.1, -0.05) is 6.07 Å². The quantitative estimate of drug-likeness (QED) is 0.927. The van der Waals surface area contributed by atoms with Gasteiger partial charge < -0.3 is 15.0 Å². The van der Waals surface area contributed by atoms with Crippen molar-refractivity contribution in [1.82, 2.24) is 4.90 Å². The maximum atomic E-state index is 12.2. The molecular weight excluding hydrogens is 282 g/mol. The molecule has 0 aliphatic carbocycles. The third kappa shape index (κ3) is 3.90. The fourth-order valence-corrected chi connectivity index (χ4v) is 2.39. The van der Waals surface area contributed by atoms with Crippen molar-refractivity contribution in [2.45, 2.75) is 32.4 Å². The molecule has 2 amide bonds. The van der Waals surface area contributed by atoms with Crippen molar-refractivity contribution < 1.29 is 23.1 Å². The Kier molecular flexibility index (Phi) is 4.72. The summed E-state index contributed by atoms with van der Waals surface area (Å²) >= 11 is 0. The van der Waals surface area contributed by atoms with E-state index in [1.807, 2.05) is 0 Å². The molecular formula is C14H16F2N2O3. The molecule has 1 N–H and O–H groups in total. The van der Waals surface area contributed by atoms with Gasteiger partial charge >= 0.3 is 6.61 Å². The Labute approximate surface area is 120 Å². The fraction of sp³-hybridized carbons (Fsp3) is 0.429. The summed E-state index contributed by atoms with van der Waals surface area (Å²) in [6, 6.07) is 5.26. The van der Waals surface area contributed by atoms with Crippen molar-refractivity contribution >= 4 is 17.5 Å². The molecule has 1 aliphatic heterocycles. The van der Waals surface area contributed by atoms with Crippen LogP contribution in [0.5, 0.6) is 5.75 Å². The Hall–Kier alpha value is -2.18. The third-order valence-electron chi connectivity index (χ3n) is 3.29. The minimum atomic E-state index is -2.92. The van der Waals surface area contributed by atoms with E-state index in [0.29, 0.717) is 18.7 Å². The maximum absolute atomic E-state index is 12.2. The molecule has 1 saturated heterocycles. The van der Waals surface area contributed by atoms with Gasteiger partial charge in [-0.25, -0.2) is 0 Å². The highest BCUT2D eigenvalue weighted by Crippen LogP contribution is 2.22. The predicted octanol–water partition coefficient (Wildman–Crippen LogP) is 2.24. The second-order valence-corrected chi connectivity index (χ2v) is 4.77.